The van der Waals surface area contributed by atoms with E-state index in [9.17, 15) is 14.0 Å². The van der Waals surface area contributed by atoms with Gasteiger partial charge >= 0.3 is 0 Å². The van der Waals surface area contributed by atoms with Gasteiger partial charge in [-0.05, 0) is 26.1 Å². The molecule has 1 unspecified atom stereocenters. The fourth-order valence-corrected chi connectivity index (χ4v) is 3.25. The fraction of sp³-hybridized carbons (Fsp3) is 0.500. The third-order valence-corrected chi connectivity index (χ3v) is 5.25. The van der Waals surface area contributed by atoms with Crippen molar-refractivity contribution in [1.82, 2.24) is 25.0 Å². The molecule has 162 valence electrons. The predicted octanol–water partition coefficient (Wildman–Crippen LogP) is 0.740. The van der Waals surface area contributed by atoms with Gasteiger partial charge in [-0.15, -0.1) is 0 Å². The largest absolute Gasteiger partial charge is 0.489 e. The van der Waals surface area contributed by atoms with Crippen LogP contribution in [-0.4, -0.2) is 89.8 Å². The molecule has 3 rings (SSSR count). The number of rotatable bonds is 7. The summed E-state index contributed by atoms with van der Waals surface area (Å²) in [6.45, 7) is 3.60. The Morgan fingerprint density at radius 2 is 2.07 bits per heavy atom. The highest BCUT2D eigenvalue weighted by molar-refractivity contribution is 5.84. The van der Waals surface area contributed by atoms with Crippen molar-refractivity contribution in [3.63, 3.8) is 0 Å². The molecule has 0 saturated carbocycles. The van der Waals surface area contributed by atoms with Crippen molar-refractivity contribution in [3.05, 3.63) is 41.5 Å². The summed E-state index contributed by atoms with van der Waals surface area (Å²) < 4.78 is 23.7. The average Bonchev–Trinajstić information content (AvgIpc) is 3.13. The third kappa shape index (κ3) is 5.12. The van der Waals surface area contributed by atoms with Gasteiger partial charge in [-0.3, -0.25) is 14.5 Å². The van der Waals surface area contributed by atoms with Gasteiger partial charge in [0.2, 0.25) is 11.8 Å². The lowest BCUT2D eigenvalue weighted by atomic mass is 10.1. The molecule has 0 radical (unpaired) electrons. The molecule has 1 aromatic carbocycles. The second kappa shape index (κ2) is 9.66. The molecule has 0 N–H and O–H groups in total. The third-order valence-electron chi connectivity index (χ3n) is 5.25. The zero-order valence-electron chi connectivity index (χ0n) is 17.4. The van der Waals surface area contributed by atoms with Crippen molar-refractivity contribution in [2.24, 2.45) is 0 Å². The van der Waals surface area contributed by atoms with Crippen molar-refractivity contribution in [2.75, 3.05) is 46.9 Å². The van der Waals surface area contributed by atoms with Crippen molar-refractivity contribution < 1.29 is 23.3 Å². The summed E-state index contributed by atoms with van der Waals surface area (Å²) >= 11 is 0. The standard InChI is InChI=1S/C20H26FN5O4/c1-14-16(23-30-22-14)12-19(27)26-9-8-24(2)17(13-26)20(28)25(3)10-11-29-18-7-5-4-6-15(18)21/h4-7,17H,8-13H2,1-3H3. The van der Waals surface area contributed by atoms with Gasteiger partial charge < -0.3 is 14.5 Å². The van der Waals surface area contributed by atoms with Crippen LogP contribution in [0.4, 0.5) is 4.39 Å². The number of ether oxygens (including phenoxy) is 1. The molecule has 2 aromatic rings. The van der Waals surface area contributed by atoms with Crippen LogP contribution < -0.4 is 4.74 Å². The van der Waals surface area contributed by atoms with E-state index in [4.69, 9.17) is 4.74 Å². The molecule has 1 fully saturated rings. The lowest BCUT2D eigenvalue weighted by molar-refractivity contribution is -0.142. The number of para-hydroxylation sites is 1. The van der Waals surface area contributed by atoms with Gasteiger partial charge in [-0.2, -0.15) is 0 Å². The van der Waals surface area contributed by atoms with E-state index >= 15 is 0 Å². The Labute approximate surface area is 174 Å². The van der Waals surface area contributed by atoms with Gasteiger partial charge in [0.05, 0.1) is 13.0 Å². The Bertz CT molecular complexity index is 890. The summed E-state index contributed by atoms with van der Waals surface area (Å²) in [7, 11) is 3.53. The van der Waals surface area contributed by atoms with E-state index in [1.807, 2.05) is 11.9 Å². The Balaban J connectivity index is 1.53. The number of aryl methyl sites for hydroxylation is 1. The maximum Gasteiger partial charge on any atom is 0.241 e. The summed E-state index contributed by atoms with van der Waals surface area (Å²) in [5.74, 6) is -0.524. The Kier molecular flexibility index (Phi) is 6.99. The van der Waals surface area contributed by atoms with Gasteiger partial charge in [0, 0.05) is 26.7 Å². The summed E-state index contributed by atoms with van der Waals surface area (Å²) in [4.78, 5) is 30.7. The highest BCUT2D eigenvalue weighted by atomic mass is 19.1. The molecule has 1 atom stereocenters. The van der Waals surface area contributed by atoms with E-state index in [0.717, 1.165) is 0 Å². The minimum absolute atomic E-state index is 0.0896. The monoisotopic (exact) mass is 419 g/mol. The second-order valence-corrected chi connectivity index (χ2v) is 7.35. The van der Waals surface area contributed by atoms with Gasteiger partial charge in [0.1, 0.15) is 24.0 Å². The molecule has 10 heteroatoms. The zero-order chi connectivity index (χ0) is 21.7. The van der Waals surface area contributed by atoms with Gasteiger partial charge in [0.15, 0.2) is 11.6 Å². The van der Waals surface area contributed by atoms with Crippen LogP contribution in [0.2, 0.25) is 0 Å². The first-order chi connectivity index (χ1) is 14.4. The van der Waals surface area contributed by atoms with Crippen LogP contribution in [-0.2, 0) is 16.0 Å². The minimum atomic E-state index is -0.460. The van der Waals surface area contributed by atoms with Crippen molar-refractivity contribution in [1.29, 1.82) is 0 Å². The number of amides is 2. The number of carbonyl (C=O) groups excluding carboxylic acids is 2. The normalized spacial score (nSPS) is 17.1. The molecule has 1 saturated heterocycles. The Hall–Kier alpha value is -3.01. The molecular formula is C20H26FN5O4. The first kappa shape index (κ1) is 21.7. The van der Waals surface area contributed by atoms with E-state index in [-0.39, 0.29) is 37.1 Å². The van der Waals surface area contributed by atoms with E-state index in [1.54, 1.807) is 42.0 Å². The number of halogens is 1. The highest BCUT2D eigenvalue weighted by Crippen LogP contribution is 2.16. The van der Waals surface area contributed by atoms with E-state index in [1.165, 1.54) is 6.07 Å². The second-order valence-electron chi connectivity index (χ2n) is 7.35. The molecule has 1 aliphatic heterocycles. The molecule has 0 spiro atoms. The fourth-order valence-electron chi connectivity index (χ4n) is 3.25. The maximum atomic E-state index is 13.6. The van der Waals surface area contributed by atoms with Gasteiger partial charge in [-0.1, -0.05) is 22.4 Å². The number of carbonyl (C=O) groups is 2. The molecule has 2 amide bonds. The Morgan fingerprint density at radius 3 is 2.77 bits per heavy atom. The number of likely N-dealkylation sites (N-methyl/N-ethyl adjacent to an activating group) is 2. The van der Waals surface area contributed by atoms with Gasteiger partial charge in [0.25, 0.3) is 0 Å². The van der Waals surface area contributed by atoms with Crippen LogP contribution in [0.1, 0.15) is 11.4 Å². The quantitative estimate of drug-likeness (QED) is 0.654. The van der Waals surface area contributed by atoms with Crippen LogP contribution >= 0.6 is 0 Å². The molecule has 30 heavy (non-hydrogen) atoms. The van der Waals surface area contributed by atoms with Crippen LogP contribution in [0.15, 0.2) is 28.9 Å². The molecule has 9 nitrogen and oxygen atoms in total. The van der Waals surface area contributed by atoms with E-state index < -0.39 is 11.9 Å². The topological polar surface area (TPSA) is 92.0 Å². The molecule has 1 aromatic heterocycles. The number of benzene rings is 1. The first-order valence-electron chi connectivity index (χ1n) is 9.75. The number of hydrogen-bond donors (Lipinski definition) is 0. The first-order valence-corrected chi connectivity index (χ1v) is 9.75. The van der Waals surface area contributed by atoms with Gasteiger partial charge in [-0.25, -0.2) is 9.02 Å². The molecule has 0 aliphatic carbocycles. The molecular weight excluding hydrogens is 393 g/mol. The summed E-state index contributed by atoms with van der Waals surface area (Å²) in [6.07, 6.45) is 0.0896. The number of aromatic nitrogens is 2. The number of nitrogens with zero attached hydrogens (tertiary/aromatic N) is 5. The minimum Gasteiger partial charge on any atom is -0.489 e. The van der Waals surface area contributed by atoms with E-state index in [2.05, 4.69) is 14.9 Å². The summed E-state index contributed by atoms with van der Waals surface area (Å²) in [6, 6.07) is 5.68. The van der Waals surface area contributed by atoms with Crippen LogP contribution in [0.3, 0.4) is 0 Å². The molecule has 2 heterocycles. The number of piperazine rings is 1. The molecule has 0 bridgehead atoms. The summed E-state index contributed by atoms with van der Waals surface area (Å²) in [5, 5.41) is 7.44. The lowest BCUT2D eigenvalue weighted by Gasteiger charge is -2.40. The van der Waals surface area contributed by atoms with Crippen molar-refractivity contribution >= 4 is 11.8 Å². The van der Waals surface area contributed by atoms with Crippen LogP contribution in [0.5, 0.6) is 5.75 Å². The van der Waals surface area contributed by atoms with E-state index in [0.29, 0.717) is 31.0 Å². The summed E-state index contributed by atoms with van der Waals surface area (Å²) in [5.41, 5.74) is 1.09. The maximum absolute atomic E-state index is 13.6. The smallest absolute Gasteiger partial charge is 0.241 e. The molecule has 1 aliphatic rings. The van der Waals surface area contributed by atoms with Crippen molar-refractivity contribution in [3.8, 4) is 5.75 Å². The average molecular weight is 419 g/mol. The van der Waals surface area contributed by atoms with Crippen LogP contribution in [0.25, 0.3) is 0 Å². The SMILES string of the molecule is Cc1nonc1CC(=O)N1CCN(C)C(C(=O)N(C)CCOc2ccccc2F)C1. The van der Waals surface area contributed by atoms with Crippen molar-refractivity contribution in [2.45, 2.75) is 19.4 Å². The predicted molar refractivity (Wildman–Crippen MR) is 105 cm³/mol. The highest BCUT2D eigenvalue weighted by Gasteiger charge is 2.34. The lowest BCUT2D eigenvalue weighted by Crippen LogP contribution is -2.59. The number of hydrogen-bond acceptors (Lipinski definition) is 7. The zero-order valence-corrected chi connectivity index (χ0v) is 17.4. The van der Waals surface area contributed by atoms with Crippen LogP contribution in [0, 0.1) is 12.7 Å². The Morgan fingerprint density at radius 1 is 1.30 bits per heavy atom.